The number of carbonyl (C=O) groups is 1. The van der Waals surface area contributed by atoms with Crippen molar-refractivity contribution in [2.75, 3.05) is 18.3 Å². The van der Waals surface area contributed by atoms with Crippen LogP contribution in [0.25, 0.3) is 11.4 Å². The Hall–Kier alpha value is -2.94. The summed E-state index contributed by atoms with van der Waals surface area (Å²) in [5.74, 6) is 7.67. The van der Waals surface area contributed by atoms with Crippen LogP contribution in [0, 0.1) is 6.92 Å². The van der Waals surface area contributed by atoms with Gasteiger partial charge in [0.05, 0.1) is 29.9 Å². The Morgan fingerprint density at radius 2 is 2.12 bits per heavy atom. The minimum Gasteiger partial charge on any atom is -0.495 e. The normalized spacial score (nSPS) is 12.0. The molecule has 1 amide bonds. The number of nitrogens with one attached hydrogen (secondary N) is 1. The monoisotopic (exact) mass is 373 g/mol. The molecule has 0 radical (unpaired) electrons. The summed E-state index contributed by atoms with van der Waals surface area (Å²) in [6, 6.07) is 8.99. The number of ether oxygens (including phenoxy) is 1. The van der Waals surface area contributed by atoms with E-state index in [1.54, 1.807) is 38.5 Å². The maximum absolute atomic E-state index is 12.5. The van der Waals surface area contributed by atoms with Crippen LogP contribution >= 0.6 is 11.8 Å². The van der Waals surface area contributed by atoms with Gasteiger partial charge in [-0.1, -0.05) is 23.9 Å². The molecule has 26 heavy (non-hydrogen) atoms. The first-order valence-electron chi connectivity index (χ1n) is 7.86. The Kier molecular flexibility index (Phi) is 5.17. The number of nitrogen functional groups attached to an aromatic ring is 1. The topological polar surface area (TPSA) is 108 Å². The molecule has 136 valence electrons. The van der Waals surface area contributed by atoms with Gasteiger partial charge in [0.1, 0.15) is 11.5 Å². The van der Waals surface area contributed by atoms with Gasteiger partial charge in [-0.25, -0.2) is 4.68 Å². The maximum Gasteiger partial charge on any atom is 0.237 e. The quantitative estimate of drug-likeness (QED) is 0.505. The SMILES string of the molecule is COc1ccccc1NC(=O)C(C)Sc1nnc(-c2ccoc2C)n1N. The molecule has 0 saturated carbocycles. The van der Waals surface area contributed by atoms with Gasteiger partial charge in [-0.05, 0) is 32.0 Å². The summed E-state index contributed by atoms with van der Waals surface area (Å²) in [4.78, 5) is 12.5. The zero-order valence-electron chi connectivity index (χ0n) is 14.6. The van der Waals surface area contributed by atoms with Crippen molar-refractivity contribution in [1.82, 2.24) is 14.9 Å². The van der Waals surface area contributed by atoms with Crippen molar-refractivity contribution >= 4 is 23.4 Å². The molecule has 3 rings (SSSR count). The lowest BCUT2D eigenvalue weighted by atomic mass is 10.2. The van der Waals surface area contributed by atoms with E-state index in [2.05, 4.69) is 15.5 Å². The van der Waals surface area contributed by atoms with Gasteiger partial charge in [-0.15, -0.1) is 10.2 Å². The smallest absolute Gasteiger partial charge is 0.237 e. The van der Waals surface area contributed by atoms with E-state index in [0.717, 1.165) is 5.56 Å². The predicted molar refractivity (Wildman–Crippen MR) is 99.6 cm³/mol. The van der Waals surface area contributed by atoms with Crippen molar-refractivity contribution in [3.8, 4) is 17.1 Å². The second-order valence-corrected chi connectivity index (χ2v) is 6.82. The first kappa shape index (κ1) is 17.9. The van der Waals surface area contributed by atoms with Gasteiger partial charge < -0.3 is 20.3 Å². The number of para-hydroxylation sites is 2. The molecule has 0 saturated heterocycles. The van der Waals surface area contributed by atoms with Crippen molar-refractivity contribution in [3.63, 3.8) is 0 Å². The van der Waals surface area contributed by atoms with Crippen molar-refractivity contribution in [2.24, 2.45) is 0 Å². The van der Waals surface area contributed by atoms with E-state index in [4.69, 9.17) is 15.0 Å². The number of aryl methyl sites for hydroxylation is 1. The third kappa shape index (κ3) is 3.52. The molecule has 0 aliphatic rings. The van der Waals surface area contributed by atoms with E-state index in [-0.39, 0.29) is 5.91 Å². The number of methoxy groups -OCH3 is 1. The van der Waals surface area contributed by atoms with Crippen molar-refractivity contribution in [2.45, 2.75) is 24.3 Å². The number of anilines is 1. The first-order valence-corrected chi connectivity index (χ1v) is 8.74. The molecule has 2 aromatic heterocycles. The summed E-state index contributed by atoms with van der Waals surface area (Å²) in [6.45, 7) is 3.59. The van der Waals surface area contributed by atoms with E-state index in [1.807, 2.05) is 19.1 Å². The van der Waals surface area contributed by atoms with E-state index in [9.17, 15) is 4.79 Å². The number of hydrogen-bond donors (Lipinski definition) is 2. The number of amides is 1. The second kappa shape index (κ2) is 7.52. The molecule has 0 bridgehead atoms. The van der Waals surface area contributed by atoms with Crippen LogP contribution in [-0.4, -0.2) is 33.1 Å². The molecular formula is C17H19N5O3S. The molecule has 1 aromatic carbocycles. The number of furan rings is 1. The zero-order chi connectivity index (χ0) is 18.7. The molecule has 3 aromatic rings. The standard InChI is InChI=1S/C17H19N5O3S/c1-10-12(8-9-25-10)15-20-21-17(22(15)18)26-11(2)16(23)19-13-6-4-5-7-14(13)24-3/h4-9,11H,18H2,1-3H3,(H,19,23). The van der Waals surface area contributed by atoms with Crippen LogP contribution in [0.5, 0.6) is 5.75 Å². The average molecular weight is 373 g/mol. The number of hydrogen-bond acceptors (Lipinski definition) is 7. The summed E-state index contributed by atoms with van der Waals surface area (Å²) in [6.07, 6.45) is 1.56. The van der Waals surface area contributed by atoms with Gasteiger partial charge >= 0.3 is 0 Å². The first-order chi connectivity index (χ1) is 12.5. The number of aromatic nitrogens is 3. The van der Waals surface area contributed by atoms with Crippen LogP contribution in [-0.2, 0) is 4.79 Å². The van der Waals surface area contributed by atoms with E-state index in [1.165, 1.54) is 16.4 Å². The highest BCUT2D eigenvalue weighted by Crippen LogP contribution is 2.28. The number of carbonyl (C=O) groups excluding carboxylic acids is 1. The fourth-order valence-corrected chi connectivity index (χ4v) is 3.12. The number of thioether (sulfide) groups is 1. The van der Waals surface area contributed by atoms with Gasteiger partial charge in [0.2, 0.25) is 11.1 Å². The fourth-order valence-electron chi connectivity index (χ4n) is 2.35. The third-order valence-corrected chi connectivity index (χ3v) is 4.84. The Morgan fingerprint density at radius 1 is 1.35 bits per heavy atom. The zero-order valence-corrected chi connectivity index (χ0v) is 15.4. The van der Waals surface area contributed by atoms with Gasteiger partial charge in [-0.3, -0.25) is 4.79 Å². The molecule has 3 N–H and O–H groups in total. The summed E-state index contributed by atoms with van der Waals surface area (Å²) in [7, 11) is 1.56. The number of nitrogens with two attached hydrogens (primary N) is 1. The summed E-state index contributed by atoms with van der Waals surface area (Å²) in [5, 5.41) is 11.0. The van der Waals surface area contributed by atoms with Crippen LogP contribution in [0.15, 0.2) is 46.2 Å². The Morgan fingerprint density at radius 3 is 2.81 bits per heavy atom. The Bertz CT molecular complexity index is 921. The van der Waals surface area contributed by atoms with Gasteiger partial charge in [0.25, 0.3) is 0 Å². The van der Waals surface area contributed by atoms with Crippen molar-refractivity contribution < 1.29 is 13.9 Å². The Labute approximate surface area is 154 Å². The maximum atomic E-state index is 12.5. The summed E-state index contributed by atoms with van der Waals surface area (Å²) >= 11 is 1.22. The van der Waals surface area contributed by atoms with Crippen molar-refractivity contribution in [1.29, 1.82) is 0 Å². The lowest BCUT2D eigenvalue weighted by Crippen LogP contribution is -2.24. The number of rotatable bonds is 6. The lowest BCUT2D eigenvalue weighted by Gasteiger charge is -2.13. The third-order valence-electron chi connectivity index (χ3n) is 3.78. The molecule has 9 heteroatoms. The van der Waals surface area contributed by atoms with Crippen LogP contribution in [0.1, 0.15) is 12.7 Å². The van der Waals surface area contributed by atoms with Crippen molar-refractivity contribution in [3.05, 3.63) is 42.4 Å². The van der Waals surface area contributed by atoms with Crippen LogP contribution in [0.3, 0.4) is 0 Å². The molecule has 8 nitrogen and oxygen atoms in total. The molecular weight excluding hydrogens is 354 g/mol. The van der Waals surface area contributed by atoms with Crippen LogP contribution < -0.4 is 15.9 Å². The summed E-state index contributed by atoms with van der Waals surface area (Å²) < 4.78 is 11.9. The number of nitrogens with zero attached hydrogens (tertiary/aromatic N) is 3. The largest absolute Gasteiger partial charge is 0.495 e. The van der Waals surface area contributed by atoms with Crippen LogP contribution in [0.4, 0.5) is 5.69 Å². The highest BCUT2D eigenvalue weighted by Gasteiger charge is 2.21. The molecule has 1 atom stereocenters. The molecule has 0 fully saturated rings. The van der Waals surface area contributed by atoms with Crippen LogP contribution in [0.2, 0.25) is 0 Å². The molecule has 2 heterocycles. The average Bonchev–Trinajstić information content (AvgIpc) is 3.21. The molecule has 1 unspecified atom stereocenters. The van der Waals surface area contributed by atoms with Gasteiger partial charge in [0.15, 0.2) is 5.82 Å². The van der Waals surface area contributed by atoms with E-state index in [0.29, 0.717) is 28.2 Å². The molecule has 0 aliphatic heterocycles. The highest BCUT2D eigenvalue weighted by molar-refractivity contribution is 8.00. The Balaban J connectivity index is 1.72. The highest BCUT2D eigenvalue weighted by atomic mass is 32.2. The second-order valence-electron chi connectivity index (χ2n) is 5.52. The minimum atomic E-state index is -0.440. The summed E-state index contributed by atoms with van der Waals surface area (Å²) in [5.41, 5.74) is 1.37. The minimum absolute atomic E-state index is 0.191. The van der Waals surface area contributed by atoms with Gasteiger partial charge in [-0.2, -0.15) is 0 Å². The lowest BCUT2D eigenvalue weighted by molar-refractivity contribution is -0.115. The molecule has 0 spiro atoms. The van der Waals surface area contributed by atoms with E-state index >= 15 is 0 Å². The van der Waals surface area contributed by atoms with Gasteiger partial charge in [0, 0.05) is 0 Å². The van der Waals surface area contributed by atoms with E-state index < -0.39 is 5.25 Å². The fraction of sp³-hybridized carbons (Fsp3) is 0.235. The molecule has 0 aliphatic carbocycles. The predicted octanol–water partition coefficient (Wildman–Crippen LogP) is 2.69. The number of benzene rings is 1.